The highest BCUT2D eigenvalue weighted by Crippen LogP contribution is 2.27. The Labute approximate surface area is 161 Å². The Hall–Kier alpha value is -2.57. The van der Waals surface area contributed by atoms with Crippen LogP contribution in [-0.2, 0) is 6.54 Å². The highest BCUT2D eigenvalue weighted by Gasteiger charge is 2.28. The number of hydrogen-bond donors (Lipinski definition) is 1. The molecule has 1 N–H and O–H groups in total. The summed E-state index contributed by atoms with van der Waals surface area (Å²) in [6.07, 6.45) is 8.74. The SMILES string of the molecule is CCNC(=NCc1ccnc(OCC)c1)N1CCC(C)C(n2ccnc2)C1. The first-order valence-electron chi connectivity index (χ1n) is 9.79. The molecule has 7 nitrogen and oxygen atoms in total. The van der Waals surface area contributed by atoms with Gasteiger partial charge in [0.15, 0.2) is 5.96 Å². The highest BCUT2D eigenvalue weighted by atomic mass is 16.5. The number of hydrogen-bond acceptors (Lipinski definition) is 4. The Morgan fingerprint density at radius 3 is 3.00 bits per heavy atom. The zero-order valence-corrected chi connectivity index (χ0v) is 16.5. The van der Waals surface area contributed by atoms with E-state index >= 15 is 0 Å². The lowest BCUT2D eigenvalue weighted by Crippen LogP contribution is -2.49. The Morgan fingerprint density at radius 1 is 1.37 bits per heavy atom. The van der Waals surface area contributed by atoms with Gasteiger partial charge < -0.3 is 19.5 Å². The van der Waals surface area contributed by atoms with Crippen molar-refractivity contribution in [3.63, 3.8) is 0 Å². The van der Waals surface area contributed by atoms with Crippen LogP contribution in [0, 0.1) is 5.92 Å². The smallest absolute Gasteiger partial charge is 0.213 e. The molecule has 0 bridgehead atoms. The maximum atomic E-state index is 5.49. The minimum Gasteiger partial charge on any atom is -0.478 e. The van der Waals surface area contributed by atoms with Gasteiger partial charge in [0.2, 0.25) is 5.88 Å². The van der Waals surface area contributed by atoms with E-state index in [0.29, 0.717) is 31.0 Å². The summed E-state index contributed by atoms with van der Waals surface area (Å²) in [5, 5.41) is 3.45. The number of guanidine groups is 1. The number of aromatic nitrogens is 3. The van der Waals surface area contributed by atoms with Crippen molar-refractivity contribution in [3.05, 3.63) is 42.6 Å². The fourth-order valence-corrected chi connectivity index (χ4v) is 3.46. The quantitative estimate of drug-likeness (QED) is 0.625. The predicted molar refractivity (Wildman–Crippen MR) is 107 cm³/mol. The second-order valence-corrected chi connectivity index (χ2v) is 6.89. The molecule has 0 aliphatic carbocycles. The molecule has 7 heteroatoms. The van der Waals surface area contributed by atoms with E-state index in [4.69, 9.17) is 9.73 Å². The Bertz CT molecular complexity index is 730. The molecule has 0 amide bonds. The van der Waals surface area contributed by atoms with Gasteiger partial charge in [-0.1, -0.05) is 6.92 Å². The number of aliphatic imine (C=N–C) groups is 1. The van der Waals surface area contributed by atoms with Crippen LogP contribution in [0.5, 0.6) is 5.88 Å². The normalized spacial score (nSPS) is 20.6. The van der Waals surface area contributed by atoms with Crippen molar-refractivity contribution in [2.24, 2.45) is 10.9 Å². The van der Waals surface area contributed by atoms with Gasteiger partial charge in [-0.3, -0.25) is 0 Å². The molecule has 0 radical (unpaired) electrons. The molecular weight excluding hydrogens is 340 g/mol. The zero-order chi connectivity index (χ0) is 19.1. The molecule has 27 heavy (non-hydrogen) atoms. The van der Waals surface area contributed by atoms with Crippen molar-refractivity contribution in [1.82, 2.24) is 24.8 Å². The lowest BCUT2D eigenvalue weighted by Gasteiger charge is -2.39. The monoisotopic (exact) mass is 370 g/mol. The zero-order valence-electron chi connectivity index (χ0n) is 16.5. The molecule has 1 aliphatic rings. The Kier molecular flexibility index (Phi) is 6.68. The molecule has 3 heterocycles. The summed E-state index contributed by atoms with van der Waals surface area (Å²) in [6.45, 7) is 10.4. The standard InChI is InChI=1S/C20H30N6O/c1-4-22-20(24-13-17-6-8-23-19(12-17)27-5-2)25-10-7-16(3)18(14-25)26-11-9-21-15-26/h6,8-9,11-12,15-16,18H,4-5,7,10,13-14H2,1-3H3,(H,22,24). The average molecular weight is 371 g/mol. The van der Waals surface area contributed by atoms with Crippen molar-refractivity contribution in [3.8, 4) is 5.88 Å². The van der Waals surface area contributed by atoms with Crippen molar-refractivity contribution in [2.75, 3.05) is 26.2 Å². The third kappa shape index (κ3) is 4.99. The minimum atomic E-state index is 0.413. The van der Waals surface area contributed by atoms with Crippen molar-refractivity contribution >= 4 is 5.96 Å². The molecule has 0 saturated carbocycles. The Balaban J connectivity index is 1.72. The van der Waals surface area contributed by atoms with Crippen molar-refractivity contribution in [2.45, 2.75) is 39.8 Å². The second-order valence-electron chi connectivity index (χ2n) is 6.89. The van der Waals surface area contributed by atoms with E-state index in [2.05, 4.69) is 44.8 Å². The summed E-state index contributed by atoms with van der Waals surface area (Å²) in [7, 11) is 0. The molecular formula is C20H30N6O. The number of rotatable bonds is 6. The van der Waals surface area contributed by atoms with Gasteiger partial charge in [0.1, 0.15) is 0 Å². The van der Waals surface area contributed by atoms with E-state index in [1.54, 1.807) is 6.20 Å². The summed E-state index contributed by atoms with van der Waals surface area (Å²) >= 11 is 0. The molecule has 1 saturated heterocycles. The second kappa shape index (κ2) is 9.39. The van der Waals surface area contributed by atoms with E-state index in [0.717, 1.165) is 37.6 Å². The third-order valence-electron chi connectivity index (χ3n) is 4.96. The summed E-state index contributed by atoms with van der Waals surface area (Å²) < 4.78 is 7.71. The predicted octanol–water partition coefficient (Wildman–Crippen LogP) is 2.73. The van der Waals surface area contributed by atoms with Gasteiger partial charge in [0, 0.05) is 44.3 Å². The van der Waals surface area contributed by atoms with Gasteiger partial charge >= 0.3 is 0 Å². The lowest BCUT2D eigenvalue weighted by molar-refractivity contribution is 0.189. The van der Waals surface area contributed by atoms with E-state index in [-0.39, 0.29) is 0 Å². The maximum Gasteiger partial charge on any atom is 0.213 e. The molecule has 3 rings (SSSR count). The van der Waals surface area contributed by atoms with Crippen LogP contribution < -0.4 is 10.1 Å². The number of ether oxygens (including phenoxy) is 1. The number of nitrogens with one attached hydrogen (secondary N) is 1. The van der Waals surface area contributed by atoms with Gasteiger partial charge in [-0.2, -0.15) is 0 Å². The Morgan fingerprint density at radius 2 is 2.26 bits per heavy atom. The van der Waals surface area contributed by atoms with Crippen LogP contribution >= 0.6 is 0 Å². The molecule has 1 aliphatic heterocycles. The minimum absolute atomic E-state index is 0.413. The van der Waals surface area contributed by atoms with E-state index in [1.165, 1.54) is 0 Å². The first-order valence-corrected chi connectivity index (χ1v) is 9.79. The number of imidazole rings is 1. The largest absolute Gasteiger partial charge is 0.478 e. The first-order chi connectivity index (χ1) is 13.2. The first kappa shape index (κ1) is 19.2. The van der Waals surface area contributed by atoms with Crippen LogP contribution in [0.3, 0.4) is 0 Å². The molecule has 0 aromatic carbocycles. The number of piperidine rings is 1. The molecule has 2 aromatic heterocycles. The number of likely N-dealkylation sites (tertiary alicyclic amines) is 1. The average Bonchev–Trinajstić information content (AvgIpc) is 3.21. The topological polar surface area (TPSA) is 67.6 Å². The fourth-order valence-electron chi connectivity index (χ4n) is 3.46. The highest BCUT2D eigenvalue weighted by molar-refractivity contribution is 5.80. The summed E-state index contributed by atoms with van der Waals surface area (Å²) in [6, 6.07) is 4.36. The van der Waals surface area contributed by atoms with E-state index < -0.39 is 0 Å². The lowest BCUT2D eigenvalue weighted by atomic mass is 9.93. The number of pyridine rings is 1. The van der Waals surface area contributed by atoms with E-state index in [1.807, 2.05) is 31.6 Å². The van der Waals surface area contributed by atoms with Gasteiger partial charge in [-0.25, -0.2) is 15.0 Å². The molecule has 2 atom stereocenters. The van der Waals surface area contributed by atoms with Crippen LogP contribution in [0.2, 0.25) is 0 Å². The van der Waals surface area contributed by atoms with Crippen LogP contribution in [0.4, 0.5) is 0 Å². The summed E-state index contributed by atoms with van der Waals surface area (Å²) in [5.74, 6) is 2.23. The maximum absolute atomic E-state index is 5.49. The van der Waals surface area contributed by atoms with Crippen molar-refractivity contribution < 1.29 is 4.74 Å². The molecule has 1 fully saturated rings. The number of nitrogens with zero attached hydrogens (tertiary/aromatic N) is 5. The molecule has 146 valence electrons. The summed E-state index contributed by atoms with van der Waals surface area (Å²) in [4.78, 5) is 15.7. The molecule has 0 spiro atoms. The van der Waals surface area contributed by atoms with E-state index in [9.17, 15) is 0 Å². The fraction of sp³-hybridized carbons (Fsp3) is 0.550. The van der Waals surface area contributed by atoms with Gasteiger partial charge in [-0.15, -0.1) is 0 Å². The summed E-state index contributed by atoms with van der Waals surface area (Å²) in [5.41, 5.74) is 1.10. The van der Waals surface area contributed by atoms with Crippen LogP contribution in [-0.4, -0.2) is 51.6 Å². The molecule has 2 aromatic rings. The van der Waals surface area contributed by atoms with Crippen LogP contribution in [0.25, 0.3) is 0 Å². The molecule has 2 unspecified atom stereocenters. The van der Waals surface area contributed by atoms with Gasteiger partial charge in [0.25, 0.3) is 0 Å². The van der Waals surface area contributed by atoms with Crippen molar-refractivity contribution in [1.29, 1.82) is 0 Å². The third-order valence-corrected chi connectivity index (χ3v) is 4.96. The van der Waals surface area contributed by atoms with Crippen LogP contribution in [0.15, 0.2) is 42.0 Å². The van der Waals surface area contributed by atoms with Gasteiger partial charge in [0.05, 0.1) is 25.5 Å². The van der Waals surface area contributed by atoms with Crippen LogP contribution in [0.1, 0.15) is 38.8 Å². The van der Waals surface area contributed by atoms with Gasteiger partial charge in [-0.05, 0) is 37.8 Å².